The number of phenolic OH excluding ortho intramolecular Hbond substituents is 1. The topological polar surface area (TPSA) is 134 Å². The highest BCUT2D eigenvalue weighted by molar-refractivity contribution is 5.93. The van der Waals surface area contributed by atoms with Crippen LogP contribution in [-0.2, 0) is 30.3 Å². The Morgan fingerprint density at radius 1 is 0.953 bits per heavy atom. The van der Waals surface area contributed by atoms with E-state index < -0.39 is 41.6 Å². The number of aromatic hydroxyl groups is 1. The molecule has 0 bridgehead atoms. The Balaban J connectivity index is 2.61. The number of carbonyl (C=O) groups is 4. The molecule has 0 radical (unpaired) electrons. The molecule has 2 rings (SSSR count). The number of ether oxygens (including phenoxy) is 2. The third-order valence-corrected chi connectivity index (χ3v) is 6.66. The maximum absolute atomic E-state index is 14.5. The number of rotatable bonds is 14. The number of phenols is 1. The lowest BCUT2D eigenvalue weighted by Gasteiger charge is -2.35. The number of alkyl carbamates (subject to hydrolysis) is 1. The molecule has 0 fully saturated rings. The Morgan fingerprint density at radius 2 is 1.58 bits per heavy atom. The number of amides is 3. The lowest BCUT2D eigenvalue weighted by molar-refractivity contribution is -0.144. The van der Waals surface area contributed by atoms with Gasteiger partial charge < -0.3 is 30.1 Å². The number of carbonyl (C=O) groups excluding carboxylic acids is 4. The Morgan fingerprint density at radius 3 is 2.14 bits per heavy atom. The van der Waals surface area contributed by atoms with Crippen LogP contribution >= 0.6 is 0 Å². The van der Waals surface area contributed by atoms with Gasteiger partial charge in [0.05, 0.1) is 7.11 Å². The minimum Gasteiger partial charge on any atom is -0.508 e. The first-order chi connectivity index (χ1) is 20.2. The van der Waals surface area contributed by atoms with Crippen molar-refractivity contribution in [3.8, 4) is 5.75 Å². The van der Waals surface area contributed by atoms with Gasteiger partial charge in [0, 0.05) is 13.0 Å². The first-order valence-electron chi connectivity index (χ1n) is 14.7. The van der Waals surface area contributed by atoms with Crippen molar-refractivity contribution in [3.63, 3.8) is 0 Å². The van der Waals surface area contributed by atoms with E-state index in [0.29, 0.717) is 17.5 Å². The van der Waals surface area contributed by atoms with Gasteiger partial charge in [0.2, 0.25) is 11.8 Å². The number of benzene rings is 2. The fourth-order valence-corrected chi connectivity index (χ4v) is 4.76. The predicted molar refractivity (Wildman–Crippen MR) is 165 cm³/mol. The molecule has 10 nitrogen and oxygen atoms in total. The van der Waals surface area contributed by atoms with Crippen molar-refractivity contribution in [1.82, 2.24) is 15.5 Å². The van der Waals surface area contributed by atoms with E-state index in [1.165, 1.54) is 24.1 Å². The summed E-state index contributed by atoms with van der Waals surface area (Å²) in [6, 6.07) is 9.84. The predicted octanol–water partition coefficient (Wildman–Crippen LogP) is 4.88. The number of hydrogen-bond donors (Lipinski definition) is 3. The number of aryl methyl sites for hydroxylation is 2. The maximum Gasteiger partial charge on any atom is 0.408 e. The standard InChI is InChI=1S/C33H47N3O7/c1-8-9-10-11-16-36(29(30(39)34-21-28(38)42-7)25-18-22(2)17-23(3)19-25)31(40)27(35-32(41)43-33(4,5)6)20-24-12-14-26(37)15-13-24/h12-15,17-19,27,29,37H,8-11,16,20-21H2,1-7H3,(H,34,39)(H,35,41). The Kier molecular flexibility index (Phi) is 13.5. The molecule has 2 aromatic rings. The second-order valence-corrected chi connectivity index (χ2v) is 11.8. The summed E-state index contributed by atoms with van der Waals surface area (Å²) in [4.78, 5) is 54.6. The molecule has 0 aliphatic rings. The summed E-state index contributed by atoms with van der Waals surface area (Å²) in [5.74, 6) is -1.57. The molecule has 0 saturated carbocycles. The smallest absolute Gasteiger partial charge is 0.408 e. The first-order valence-corrected chi connectivity index (χ1v) is 14.7. The largest absolute Gasteiger partial charge is 0.508 e. The molecule has 43 heavy (non-hydrogen) atoms. The fraction of sp³-hybridized carbons (Fsp3) is 0.515. The maximum atomic E-state index is 14.5. The molecule has 0 saturated heterocycles. The summed E-state index contributed by atoms with van der Waals surface area (Å²) in [6.07, 6.45) is 2.73. The quantitative estimate of drug-likeness (QED) is 0.209. The number of hydrogen-bond acceptors (Lipinski definition) is 7. The molecule has 0 heterocycles. The average molecular weight is 598 g/mol. The normalized spacial score (nSPS) is 12.5. The second kappa shape index (κ2) is 16.5. The minimum atomic E-state index is -1.09. The zero-order chi connectivity index (χ0) is 32.2. The summed E-state index contributed by atoms with van der Waals surface area (Å²) < 4.78 is 10.2. The van der Waals surface area contributed by atoms with E-state index in [1.807, 2.05) is 32.0 Å². The molecule has 3 amide bonds. The average Bonchev–Trinajstić information content (AvgIpc) is 2.92. The summed E-state index contributed by atoms with van der Waals surface area (Å²) in [5.41, 5.74) is 2.30. The van der Waals surface area contributed by atoms with E-state index >= 15 is 0 Å². The van der Waals surface area contributed by atoms with Gasteiger partial charge >= 0.3 is 12.1 Å². The van der Waals surface area contributed by atoms with Crippen LogP contribution in [0.4, 0.5) is 4.79 Å². The summed E-state index contributed by atoms with van der Waals surface area (Å²) in [7, 11) is 1.23. The molecule has 2 unspecified atom stereocenters. The van der Waals surface area contributed by atoms with E-state index in [0.717, 1.165) is 30.4 Å². The van der Waals surface area contributed by atoms with Gasteiger partial charge in [-0.05, 0) is 64.3 Å². The molecular weight excluding hydrogens is 550 g/mol. The Bertz CT molecular complexity index is 1220. The summed E-state index contributed by atoms with van der Waals surface area (Å²) >= 11 is 0. The van der Waals surface area contributed by atoms with Crippen LogP contribution in [0.25, 0.3) is 0 Å². The highest BCUT2D eigenvalue weighted by atomic mass is 16.6. The number of methoxy groups -OCH3 is 1. The number of esters is 1. The van der Waals surface area contributed by atoms with E-state index in [-0.39, 0.29) is 25.3 Å². The minimum absolute atomic E-state index is 0.0708. The van der Waals surface area contributed by atoms with Gasteiger partial charge in [0.15, 0.2) is 0 Å². The molecule has 0 aliphatic carbocycles. The SMILES string of the molecule is CCCCCCN(C(=O)C(Cc1ccc(O)cc1)NC(=O)OC(C)(C)C)C(C(=O)NCC(=O)OC)c1cc(C)cc(C)c1. The molecule has 0 aliphatic heterocycles. The van der Waals surface area contributed by atoms with Crippen LogP contribution in [0, 0.1) is 13.8 Å². The van der Waals surface area contributed by atoms with Crippen LogP contribution in [0.15, 0.2) is 42.5 Å². The molecule has 3 N–H and O–H groups in total. The summed E-state index contributed by atoms with van der Waals surface area (Å²) in [6.45, 7) is 11.0. The monoisotopic (exact) mass is 597 g/mol. The Labute approximate surface area is 255 Å². The molecule has 2 aromatic carbocycles. The second-order valence-electron chi connectivity index (χ2n) is 11.8. The van der Waals surface area contributed by atoms with Crippen molar-refractivity contribution < 1.29 is 33.8 Å². The highest BCUT2D eigenvalue weighted by Crippen LogP contribution is 2.26. The van der Waals surface area contributed by atoms with Gasteiger partial charge in [-0.15, -0.1) is 0 Å². The zero-order valence-electron chi connectivity index (χ0n) is 26.5. The molecule has 236 valence electrons. The number of unbranched alkanes of at least 4 members (excludes halogenated alkanes) is 3. The van der Waals surface area contributed by atoms with Crippen molar-refractivity contribution in [1.29, 1.82) is 0 Å². The van der Waals surface area contributed by atoms with Crippen molar-refractivity contribution in [2.24, 2.45) is 0 Å². The Hall–Kier alpha value is -4.08. The van der Waals surface area contributed by atoms with Crippen LogP contribution in [0.3, 0.4) is 0 Å². The van der Waals surface area contributed by atoms with Gasteiger partial charge in [-0.2, -0.15) is 0 Å². The zero-order valence-corrected chi connectivity index (χ0v) is 26.5. The van der Waals surface area contributed by atoms with Gasteiger partial charge in [0.25, 0.3) is 0 Å². The summed E-state index contributed by atoms with van der Waals surface area (Å²) in [5, 5.41) is 15.1. The molecular formula is C33H47N3O7. The van der Waals surface area contributed by atoms with Crippen molar-refractivity contribution in [2.75, 3.05) is 20.2 Å². The van der Waals surface area contributed by atoms with Crippen LogP contribution in [0.2, 0.25) is 0 Å². The van der Waals surface area contributed by atoms with Crippen LogP contribution in [0.1, 0.15) is 81.7 Å². The van der Waals surface area contributed by atoms with Crippen LogP contribution in [0.5, 0.6) is 5.75 Å². The van der Waals surface area contributed by atoms with E-state index in [1.54, 1.807) is 32.9 Å². The number of nitrogens with one attached hydrogen (secondary N) is 2. The van der Waals surface area contributed by atoms with Gasteiger partial charge in [0.1, 0.15) is 30.0 Å². The third kappa shape index (κ3) is 12.0. The van der Waals surface area contributed by atoms with Gasteiger partial charge in [-0.25, -0.2) is 4.79 Å². The molecule has 10 heteroatoms. The lowest BCUT2D eigenvalue weighted by Crippen LogP contribution is -2.54. The molecule has 0 spiro atoms. The van der Waals surface area contributed by atoms with Crippen molar-refractivity contribution >= 4 is 23.9 Å². The van der Waals surface area contributed by atoms with Gasteiger partial charge in [-0.3, -0.25) is 14.4 Å². The molecule has 2 atom stereocenters. The van der Waals surface area contributed by atoms with Crippen LogP contribution < -0.4 is 10.6 Å². The first kappa shape index (κ1) is 35.1. The van der Waals surface area contributed by atoms with Crippen molar-refractivity contribution in [3.05, 3.63) is 64.7 Å². The van der Waals surface area contributed by atoms with E-state index in [9.17, 15) is 24.3 Å². The van der Waals surface area contributed by atoms with E-state index in [4.69, 9.17) is 9.47 Å². The lowest BCUT2D eigenvalue weighted by atomic mass is 9.97. The number of nitrogens with zero attached hydrogens (tertiary/aromatic N) is 1. The van der Waals surface area contributed by atoms with E-state index in [2.05, 4.69) is 17.6 Å². The van der Waals surface area contributed by atoms with Crippen LogP contribution in [-0.4, -0.2) is 65.7 Å². The fourth-order valence-electron chi connectivity index (χ4n) is 4.76. The van der Waals surface area contributed by atoms with Crippen molar-refractivity contribution in [2.45, 2.75) is 91.3 Å². The van der Waals surface area contributed by atoms with Gasteiger partial charge in [-0.1, -0.05) is 67.6 Å². The molecule has 0 aromatic heterocycles. The highest BCUT2D eigenvalue weighted by Gasteiger charge is 2.36. The third-order valence-electron chi connectivity index (χ3n) is 6.66.